The fourth-order valence-electron chi connectivity index (χ4n) is 1.53. The standard InChI is InChI=1S/C14H10BrClFNO/c1-8-5-6-9(7-10(8)15)14(19)18-12-4-2-3-11(16)13(12)17/h2-7H,1H3,(H,18,19). The van der Waals surface area contributed by atoms with Crippen LogP contribution < -0.4 is 5.32 Å². The van der Waals surface area contributed by atoms with E-state index in [-0.39, 0.29) is 16.6 Å². The molecule has 0 saturated carbocycles. The van der Waals surface area contributed by atoms with Crippen LogP contribution in [-0.4, -0.2) is 5.91 Å². The fraction of sp³-hybridized carbons (Fsp3) is 0.0714. The molecule has 0 atom stereocenters. The molecule has 1 amide bonds. The summed E-state index contributed by atoms with van der Waals surface area (Å²) in [5, 5.41) is 2.47. The summed E-state index contributed by atoms with van der Waals surface area (Å²) in [5.74, 6) is -1.02. The van der Waals surface area contributed by atoms with Gasteiger partial charge in [-0.25, -0.2) is 4.39 Å². The Hall–Kier alpha value is -1.39. The van der Waals surface area contributed by atoms with Gasteiger partial charge in [-0.3, -0.25) is 4.79 Å². The zero-order valence-corrected chi connectivity index (χ0v) is 12.3. The average molecular weight is 343 g/mol. The molecule has 0 fully saturated rings. The molecule has 2 aromatic carbocycles. The monoisotopic (exact) mass is 341 g/mol. The molecule has 0 aliphatic heterocycles. The Morgan fingerprint density at radius 3 is 2.74 bits per heavy atom. The molecule has 0 saturated heterocycles. The normalized spacial score (nSPS) is 10.3. The van der Waals surface area contributed by atoms with Crippen molar-refractivity contribution in [1.29, 1.82) is 0 Å². The maximum Gasteiger partial charge on any atom is 0.255 e. The number of nitrogens with one attached hydrogen (secondary N) is 1. The van der Waals surface area contributed by atoms with E-state index < -0.39 is 5.82 Å². The van der Waals surface area contributed by atoms with Gasteiger partial charge in [0, 0.05) is 10.0 Å². The third-order valence-corrected chi connectivity index (χ3v) is 3.78. The summed E-state index contributed by atoms with van der Waals surface area (Å²) in [4.78, 5) is 12.0. The molecular formula is C14H10BrClFNO. The average Bonchev–Trinajstić information content (AvgIpc) is 2.38. The summed E-state index contributed by atoms with van der Waals surface area (Å²) in [6, 6.07) is 9.64. The van der Waals surface area contributed by atoms with Crippen LogP contribution in [0.25, 0.3) is 0 Å². The maximum atomic E-state index is 13.7. The van der Waals surface area contributed by atoms with Crippen LogP contribution in [0.5, 0.6) is 0 Å². The van der Waals surface area contributed by atoms with Crippen molar-refractivity contribution in [2.45, 2.75) is 6.92 Å². The number of amides is 1. The number of rotatable bonds is 2. The van der Waals surface area contributed by atoms with Gasteiger partial charge in [-0.15, -0.1) is 0 Å². The molecule has 0 bridgehead atoms. The minimum absolute atomic E-state index is 0.0251. The van der Waals surface area contributed by atoms with Gasteiger partial charge in [-0.1, -0.05) is 39.7 Å². The second-order valence-electron chi connectivity index (χ2n) is 4.02. The summed E-state index contributed by atoms with van der Waals surface area (Å²) in [5.41, 5.74) is 1.52. The Bertz CT molecular complexity index is 645. The van der Waals surface area contributed by atoms with Gasteiger partial charge in [0.2, 0.25) is 0 Å². The number of aryl methyl sites for hydroxylation is 1. The SMILES string of the molecule is Cc1ccc(C(=O)Nc2cccc(Cl)c2F)cc1Br. The predicted octanol–water partition coefficient (Wildman–Crippen LogP) is 4.80. The zero-order chi connectivity index (χ0) is 14.0. The topological polar surface area (TPSA) is 29.1 Å². The summed E-state index contributed by atoms with van der Waals surface area (Å²) >= 11 is 9.01. The van der Waals surface area contributed by atoms with Crippen LogP contribution in [0.4, 0.5) is 10.1 Å². The summed E-state index contributed by atoms with van der Waals surface area (Å²) in [7, 11) is 0. The molecule has 2 nitrogen and oxygen atoms in total. The summed E-state index contributed by atoms with van der Waals surface area (Å²) in [6.45, 7) is 1.92. The maximum absolute atomic E-state index is 13.7. The van der Waals surface area contributed by atoms with Gasteiger partial charge < -0.3 is 5.32 Å². The smallest absolute Gasteiger partial charge is 0.255 e. The van der Waals surface area contributed by atoms with Gasteiger partial charge in [0.15, 0.2) is 5.82 Å². The highest BCUT2D eigenvalue weighted by Gasteiger charge is 2.12. The molecule has 2 rings (SSSR count). The van der Waals surface area contributed by atoms with E-state index in [9.17, 15) is 9.18 Å². The molecule has 0 spiro atoms. The predicted molar refractivity (Wildman–Crippen MR) is 78.2 cm³/mol. The van der Waals surface area contributed by atoms with Crippen molar-refractivity contribution in [2.75, 3.05) is 5.32 Å². The van der Waals surface area contributed by atoms with Gasteiger partial charge in [0.05, 0.1) is 10.7 Å². The van der Waals surface area contributed by atoms with Gasteiger partial charge in [-0.05, 0) is 36.8 Å². The Morgan fingerprint density at radius 2 is 2.05 bits per heavy atom. The molecule has 0 radical (unpaired) electrons. The minimum Gasteiger partial charge on any atom is -0.319 e. The van der Waals surface area contributed by atoms with Crippen molar-refractivity contribution in [2.24, 2.45) is 0 Å². The molecule has 0 heterocycles. The first kappa shape index (κ1) is 14.0. The number of halogens is 3. The fourth-order valence-corrected chi connectivity index (χ4v) is 2.08. The Kier molecular flexibility index (Phi) is 4.22. The first-order chi connectivity index (χ1) is 8.99. The molecule has 0 aliphatic carbocycles. The molecule has 19 heavy (non-hydrogen) atoms. The Morgan fingerprint density at radius 1 is 1.32 bits per heavy atom. The lowest BCUT2D eigenvalue weighted by Crippen LogP contribution is -2.13. The van der Waals surface area contributed by atoms with Crippen LogP contribution in [0.1, 0.15) is 15.9 Å². The van der Waals surface area contributed by atoms with Gasteiger partial charge >= 0.3 is 0 Å². The lowest BCUT2D eigenvalue weighted by Gasteiger charge is -2.08. The van der Waals surface area contributed by atoms with E-state index in [0.29, 0.717) is 5.56 Å². The Labute approximate surface area is 123 Å². The van der Waals surface area contributed by atoms with Gasteiger partial charge in [0.1, 0.15) is 0 Å². The lowest BCUT2D eigenvalue weighted by molar-refractivity contribution is 0.102. The quantitative estimate of drug-likeness (QED) is 0.834. The van der Waals surface area contributed by atoms with Crippen molar-refractivity contribution in [3.8, 4) is 0 Å². The molecule has 0 aliphatic rings. The molecule has 1 N–H and O–H groups in total. The molecular weight excluding hydrogens is 333 g/mol. The minimum atomic E-state index is -0.635. The Balaban J connectivity index is 2.26. The zero-order valence-electron chi connectivity index (χ0n) is 10.0. The van der Waals surface area contributed by atoms with Crippen molar-refractivity contribution < 1.29 is 9.18 Å². The van der Waals surface area contributed by atoms with Crippen LogP contribution in [0.3, 0.4) is 0 Å². The number of hydrogen-bond acceptors (Lipinski definition) is 1. The van der Waals surface area contributed by atoms with E-state index in [4.69, 9.17) is 11.6 Å². The number of carbonyl (C=O) groups excluding carboxylic acids is 1. The van der Waals surface area contributed by atoms with Gasteiger partial charge in [-0.2, -0.15) is 0 Å². The summed E-state index contributed by atoms with van der Waals surface area (Å²) in [6.07, 6.45) is 0. The largest absolute Gasteiger partial charge is 0.319 e. The molecule has 5 heteroatoms. The van der Waals surface area contributed by atoms with Crippen LogP contribution in [0, 0.1) is 12.7 Å². The summed E-state index contributed by atoms with van der Waals surface area (Å²) < 4.78 is 14.5. The lowest BCUT2D eigenvalue weighted by atomic mass is 10.1. The number of benzene rings is 2. The number of carbonyl (C=O) groups is 1. The van der Waals surface area contributed by atoms with Crippen LogP contribution in [0.15, 0.2) is 40.9 Å². The van der Waals surface area contributed by atoms with Crippen LogP contribution in [-0.2, 0) is 0 Å². The highest BCUT2D eigenvalue weighted by atomic mass is 79.9. The van der Waals surface area contributed by atoms with Gasteiger partial charge in [0.25, 0.3) is 5.91 Å². The van der Waals surface area contributed by atoms with Crippen molar-refractivity contribution in [3.05, 3.63) is 62.8 Å². The number of anilines is 1. The highest BCUT2D eigenvalue weighted by Crippen LogP contribution is 2.23. The second kappa shape index (κ2) is 5.72. The number of hydrogen-bond donors (Lipinski definition) is 1. The molecule has 2 aromatic rings. The van der Waals surface area contributed by atoms with E-state index in [1.807, 2.05) is 13.0 Å². The van der Waals surface area contributed by atoms with Crippen molar-refractivity contribution >= 4 is 39.1 Å². The van der Waals surface area contributed by atoms with E-state index >= 15 is 0 Å². The van der Waals surface area contributed by atoms with E-state index in [1.165, 1.54) is 12.1 Å². The van der Waals surface area contributed by atoms with E-state index in [1.54, 1.807) is 18.2 Å². The van der Waals surface area contributed by atoms with Crippen molar-refractivity contribution in [1.82, 2.24) is 0 Å². The molecule has 0 unspecified atom stereocenters. The second-order valence-corrected chi connectivity index (χ2v) is 5.28. The van der Waals surface area contributed by atoms with E-state index in [0.717, 1.165) is 10.0 Å². The highest BCUT2D eigenvalue weighted by molar-refractivity contribution is 9.10. The first-order valence-electron chi connectivity index (χ1n) is 5.50. The van der Waals surface area contributed by atoms with Crippen molar-refractivity contribution in [3.63, 3.8) is 0 Å². The van der Waals surface area contributed by atoms with Crippen LogP contribution in [0.2, 0.25) is 5.02 Å². The third kappa shape index (κ3) is 3.14. The third-order valence-electron chi connectivity index (χ3n) is 2.63. The van der Waals surface area contributed by atoms with E-state index in [2.05, 4.69) is 21.2 Å². The van der Waals surface area contributed by atoms with Crippen LogP contribution >= 0.6 is 27.5 Å². The molecule has 0 aromatic heterocycles. The molecule has 98 valence electrons. The first-order valence-corrected chi connectivity index (χ1v) is 6.67.